The summed E-state index contributed by atoms with van der Waals surface area (Å²) in [4.78, 5) is 40.3. The lowest BCUT2D eigenvalue weighted by molar-refractivity contribution is -0.134. The number of pyridine rings is 1. The Morgan fingerprint density at radius 3 is 2.61 bits per heavy atom. The van der Waals surface area contributed by atoms with E-state index >= 15 is 0 Å². The molecule has 2 aliphatic rings. The number of nitrogens with one attached hydrogen (secondary N) is 1. The molecule has 0 aliphatic carbocycles. The average molecular weight is 317 g/mol. The van der Waals surface area contributed by atoms with Gasteiger partial charge in [-0.1, -0.05) is 6.07 Å². The molecule has 2 N–H and O–H groups in total. The standard InChI is InChI=1S/C16H19N3O4/c20-10-16(23)5-7-19(8-6-16)13-3-1-11(9-17-13)12-2-4-14(21)18-15(12)22/h1,3,9-10,12,23H,2,4-8H2,(H,18,21,22). The quantitative estimate of drug-likeness (QED) is 0.607. The van der Waals surface area contributed by atoms with Gasteiger partial charge in [0.1, 0.15) is 11.4 Å². The molecule has 0 bridgehead atoms. The number of nitrogens with zero attached hydrogens (tertiary/aromatic N) is 2. The van der Waals surface area contributed by atoms with Crippen molar-refractivity contribution in [3.05, 3.63) is 23.9 Å². The van der Waals surface area contributed by atoms with Crippen LogP contribution >= 0.6 is 0 Å². The molecular formula is C16H19N3O4. The number of aliphatic hydroxyl groups is 1. The summed E-state index contributed by atoms with van der Waals surface area (Å²) in [6.07, 6.45) is 3.89. The van der Waals surface area contributed by atoms with Crippen molar-refractivity contribution < 1.29 is 19.5 Å². The number of carbonyl (C=O) groups excluding carboxylic acids is 3. The fourth-order valence-corrected chi connectivity index (χ4v) is 3.04. The lowest BCUT2D eigenvalue weighted by Crippen LogP contribution is -2.45. The molecule has 2 fully saturated rings. The predicted molar refractivity (Wildman–Crippen MR) is 81.8 cm³/mol. The summed E-state index contributed by atoms with van der Waals surface area (Å²) in [5.74, 6) is -0.0821. The van der Waals surface area contributed by atoms with Gasteiger partial charge < -0.3 is 14.8 Å². The second kappa shape index (κ2) is 6.08. The fourth-order valence-electron chi connectivity index (χ4n) is 3.04. The van der Waals surface area contributed by atoms with E-state index in [0.717, 1.165) is 11.4 Å². The number of hydrogen-bond donors (Lipinski definition) is 2. The predicted octanol–water partition coefficient (Wildman–Crippen LogP) is 0.132. The Hall–Kier alpha value is -2.28. The van der Waals surface area contributed by atoms with E-state index in [2.05, 4.69) is 10.3 Å². The molecule has 7 nitrogen and oxygen atoms in total. The summed E-state index contributed by atoms with van der Waals surface area (Å²) in [5.41, 5.74) is -0.427. The van der Waals surface area contributed by atoms with Gasteiger partial charge in [0.25, 0.3) is 0 Å². The molecular weight excluding hydrogens is 298 g/mol. The molecule has 23 heavy (non-hydrogen) atoms. The molecule has 1 aromatic rings. The second-order valence-corrected chi connectivity index (χ2v) is 6.16. The van der Waals surface area contributed by atoms with Gasteiger partial charge in [0, 0.05) is 38.5 Å². The van der Waals surface area contributed by atoms with Crippen molar-refractivity contribution in [2.45, 2.75) is 37.2 Å². The Morgan fingerprint density at radius 1 is 1.30 bits per heavy atom. The zero-order valence-corrected chi connectivity index (χ0v) is 12.7. The van der Waals surface area contributed by atoms with Crippen LogP contribution < -0.4 is 10.2 Å². The van der Waals surface area contributed by atoms with Crippen LogP contribution in [0.15, 0.2) is 18.3 Å². The number of rotatable bonds is 3. The maximum absolute atomic E-state index is 11.9. The summed E-state index contributed by atoms with van der Waals surface area (Å²) in [6, 6.07) is 3.69. The maximum Gasteiger partial charge on any atom is 0.234 e. The van der Waals surface area contributed by atoms with Gasteiger partial charge in [-0.2, -0.15) is 0 Å². The number of carbonyl (C=O) groups is 3. The van der Waals surface area contributed by atoms with Crippen LogP contribution in [-0.4, -0.2) is 46.9 Å². The average Bonchev–Trinajstić information content (AvgIpc) is 2.56. The third-order valence-corrected chi connectivity index (χ3v) is 4.58. The van der Waals surface area contributed by atoms with Crippen LogP contribution in [0.4, 0.5) is 5.82 Å². The molecule has 1 atom stereocenters. The molecule has 2 saturated heterocycles. The van der Waals surface area contributed by atoms with Crippen LogP contribution in [-0.2, 0) is 14.4 Å². The lowest BCUT2D eigenvalue weighted by Gasteiger charge is -2.35. The van der Waals surface area contributed by atoms with Crippen LogP contribution in [0, 0.1) is 0 Å². The van der Waals surface area contributed by atoms with Crippen molar-refractivity contribution in [2.75, 3.05) is 18.0 Å². The van der Waals surface area contributed by atoms with Crippen molar-refractivity contribution in [3.8, 4) is 0 Å². The third-order valence-electron chi connectivity index (χ3n) is 4.58. The fraction of sp³-hybridized carbons (Fsp3) is 0.500. The number of amides is 2. The van der Waals surface area contributed by atoms with E-state index in [4.69, 9.17) is 0 Å². The van der Waals surface area contributed by atoms with Gasteiger partial charge in [0.05, 0.1) is 5.92 Å². The smallest absolute Gasteiger partial charge is 0.234 e. The summed E-state index contributed by atoms with van der Waals surface area (Å²) in [7, 11) is 0. The number of piperidine rings is 2. The highest BCUT2D eigenvalue weighted by Crippen LogP contribution is 2.27. The summed E-state index contributed by atoms with van der Waals surface area (Å²) < 4.78 is 0. The van der Waals surface area contributed by atoms with Crippen LogP contribution in [0.3, 0.4) is 0 Å². The first-order valence-corrected chi connectivity index (χ1v) is 7.74. The number of aldehydes is 1. The number of aromatic nitrogens is 1. The van der Waals surface area contributed by atoms with E-state index < -0.39 is 5.60 Å². The number of anilines is 1. The minimum Gasteiger partial charge on any atom is -0.382 e. The first kappa shape index (κ1) is 15.6. The number of hydrogen-bond acceptors (Lipinski definition) is 6. The molecule has 0 aromatic carbocycles. The molecule has 3 heterocycles. The van der Waals surface area contributed by atoms with Crippen LogP contribution in [0.25, 0.3) is 0 Å². The van der Waals surface area contributed by atoms with E-state index in [1.165, 1.54) is 0 Å². The SMILES string of the molecule is O=CC1(O)CCN(c2ccc(C3CCC(=O)NC3=O)cn2)CC1. The van der Waals surface area contributed by atoms with Crippen molar-refractivity contribution in [2.24, 2.45) is 0 Å². The van der Waals surface area contributed by atoms with Gasteiger partial charge in [-0.05, 0) is 18.1 Å². The molecule has 0 saturated carbocycles. The Kier molecular flexibility index (Phi) is 4.12. The lowest BCUT2D eigenvalue weighted by atomic mass is 9.91. The van der Waals surface area contributed by atoms with Gasteiger partial charge in [0.2, 0.25) is 11.8 Å². The largest absolute Gasteiger partial charge is 0.382 e. The van der Waals surface area contributed by atoms with Crippen molar-refractivity contribution >= 4 is 23.9 Å². The molecule has 3 rings (SSSR count). The van der Waals surface area contributed by atoms with E-state index in [1.54, 1.807) is 6.20 Å². The van der Waals surface area contributed by atoms with Crippen molar-refractivity contribution in [1.82, 2.24) is 10.3 Å². The molecule has 0 radical (unpaired) electrons. The molecule has 2 aliphatic heterocycles. The monoisotopic (exact) mass is 317 g/mol. The summed E-state index contributed by atoms with van der Waals surface area (Å²) in [6.45, 7) is 1.11. The minimum absolute atomic E-state index is 0.230. The summed E-state index contributed by atoms with van der Waals surface area (Å²) >= 11 is 0. The Labute approximate surface area is 133 Å². The van der Waals surface area contributed by atoms with Crippen molar-refractivity contribution in [3.63, 3.8) is 0 Å². The Balaban J connectivity index is 1.67. The van der Waals surface area contributed by atoms with E-state index in [-0.39, 0.29) is 17.7 Å². The highest BCUT2D eigenvalue weighted by molar-refractivity contribution is 6.00. The van der Waals surface area contributed by atoms with Crippen LogP contribution in [0.5, 0.6) is 0 Å². The van der Waals surface area contributed by atoms with Gasteiger partial charge >= 0.3 is 0 Å². The van der Waals surface area contributed by atoms with Gasteiger partial charge in [-0.3, -0.25) is 14.9 Å². The molecule has 0 spiro atoms. The van der Waals surface area contributed by atoms with E-state index in [0.29, 0.717) is 45.1 Å². The first-order chi connectivity index (χ1) is 11.0. The minimum atomic E-state index is -1.22. The maximum atomic E-state index is 11.9. The normalized spacial score (nSPS) is 24.2. The zero-order valence-electron chi connectivity index (χ0n) is 12.7. The van der Waals surface area contributed by atoms with Crippen LogP contribution in [0.1, 0.15) is 37.2 Å². The highest BCUT2D eigenvalue weighted by Gasteiger charge is 2.32. The zero-order chi connectivity index (χ0) is 16.4. The molecule has 1 unspecified atom stereocenters. The van der Waals surface area contributed by atoms with Gasteiger partial charge in [0.15, 0.2) is 6.29 Å². The Morgan fingerprint density at radius 2 is 2.04 bits per heavy atom. The third kappa shape index (κ3) is 3.24. The highest BCUT2D eigenvalue weighted by atomic mass is 16.3. The van der Waals surface area contributed by atoms with E-state index in [1.807, 2.05) is 17.0 Å². The van der Waals surface area contributed by atoms with E-state index in [9.17, 15) is 19.5 Å². The first-order valence-electron chi connectivity index (χ1n) is 7.74. The topological polar surface area (TPSA) is 99.6 Å². The second-order valence-electron chi connectivity index (χ2n) is 6.16. The van der Waals surface area contributed by atoms with Crippen LogP contribution in [0.2, 0.25) is 0 Å². The molecule has 122 valence electrons. The summed E-state index contributed by atoms with van der Waals surface area (Å²) in [5, 5.41) is 12.3. The van der Waals surface area contributed by atoms with Crippen molar-refractivity contribution in [1.29, 1.82) is 0 Å². The van der Waals surface area contributed by atoms with Gasteiger partial charge in [-0.25, -0.2) is 4.98 Å². The molecule has 7 heteroatoms. The molecule has 1 aromatic heterocycles. The number of imide groups is 1. The Bertz CT molecular complexity index is 621. The van der Waals surface area contributed by atoms with Gasteiger partial charge in [-0.15, -0.1) is 0 Å². The molecule has 2 amide bonds.